The van der Waals surface area contributed by atoms with Crippen LogP contribution in [0.4, 0.5) is 9.59 Å². The number of aromatic amines is 2. The van der Waals surface area contributed by atoms with Crippen LogP contribution in [0, 0.1) is 11.8 Å². The number of rotatable bonds is 11. The number of imidazole rings is 2. The van der Waals surface area contributed by atoms with Crippen molar-refractivity contribution in [3.8, 4) is 22.4 Å². The van der Waals surface area contributed by atoms with Crippen molar-refractivity contribution in [1.29, 1.82) is 0 Å². The number of benzene rings is 5. The van der Waals surface area contributed by atoms with Crippen molar-refractivity contribution in [1.82, 2.24) is 40.4 Å². The number of amides is 4. The van der Waals surface area contributed by atoms with Crippen LogP contribution in [0.25, 0.3) is 44.2 Å². The van der Waals surface area contributed by atoms with Gasteiger partial charge in [0.1, 0.15) is 23.7 Å². The average molecular weight is 923 g/mol. The molecule has 2 saturated heterocycles. The van der Waals surface area contributed by atoms with Gasteiger partial charge in [-0.3, -0.25) is 9.59 Å². The molecular formula is C55H54N8O6. The number of ether oxygens (including phenoxy) is 2. The monoisotopic (exact) mass is 922 g/mol. The molecule has 12 rings (SSSR count). The zero-order chi connectivity index (χ0) is 46.9. The van der Waals surface area contributed by atoms with E-state index in [0.717, 1.165) is 106 Å². The van der Waals surface area contributed by atoms with E-state index in [1.807, 2.05) is 58.5 Å². The van der Waals surface area contributed by atoms with Gasteiger partial charge < -0.3 is 39.9 Å². The van der Waals surface area contributed by atoms with Gasteiger partial charge in [0, 0.05) is 17.5 Å². The van der Waals surface area contributed by atoms with E-state index in [4.69, 9.17) is 19.4 Å². The first-order chi connectivity index (χ1) is 33.7. The van der Waals surface area contributed by atoms with E-state index in [2.05, 4.69) is 87.3 Å². The lowest BCUT2D eigenvalue weighted by Gasteiger charge is -2.36. The van der Waals surface area contributed by atoms with Gasteiger partial charge in [-0.15, -0.1) is 0 Å². The molecular weight excluding hydrogens is 869 g/mol. The van der Waals surface area contributed by atoms with Crippen LogP contribution >= 0.6 is 0 Å². The molecule has 14 heteroatoms. The Hall–Kier alpha value is -7.48. The third-order valence-electron chi connectivity index (χ3n) is 15.7. The van der Waals surface area contributed by atoms with Crippen LogP contribution in [0.3, 0.4) is 0 Å². The first kappa shape index (κ1) is 42.8. The summed E-state index contributed by atoms with van der Waals surface area (Å²) in [6, 6.07) is 34.4. The molecule has 5 aromatic carbocycles. The van der Waals surface area contributed by atoms with Gasteiger partial charge in [-0.1, -0.05) is 103 Å². The highest BCUT2D eigenvalue weighted by Crippen LogP contribution is 2.54. The number of aromatic nitrogens is 4. The molecule has 350 valence electrons. The van der Waals surface area contributed by atoms with E-state index < -0.39 is 24.3 Å². The summed E-state index contributed by atoms with van der Waals surface area (Å²) in [6.07, 6.45) is 8.62. The second-order valence-electron chi connectivity index (χ2n) is 19.6. The molecule has 3 saturated carbocycles. The van der Waals surface area contributed by atoms with Crippen LogP contribution in [-0.2, 0) is 19.1 Å². The minimum Gasteiger partial charge on any atom is -0.453 e. The first-order valence-electron chi connectivity index (χ1n) is 24.3. The van der Waals surface area contributed by atoms with Crippen molar-refractivity contribution in [3.63, 3.8) is 0 Å². The number of likely N-dealkylation sites (tertiary alicyclic amines) is 2. The number of fused-ring (bicyclic) bond motifs is 6. The zero-order valence-electron chi connectivity index (χ0n) is 38.6. The van der Waals surface area contributed by atoms with Crippen LogP contribution in [0.2, 0.25) is 0 Å². The van der Waals surface area contributed by atoms with Crippen LogP contribution in [0.1, 0.15) is 110 Å². The number of nitrogens with one attached hydrogen (secondary N) is 4. The summed E-state index contributed by atoms with van der Waals surface area (Å²) in [6.45, 7) is 0. The lowest BCUT2D eigenvalue weighted by molar-refractivity contribution is -0.138. The van der Waals surface area contributed by atoms with Crippen LogP contribution in [-0.4, -0.2) is 80.0 Å². The summed E-state index contributed by atoms with van der Waals surface area (Å²) < 4.78 is 9.92. The smallest absolute Gasteiger partial charge is 0.407 e. The fourth-order valence-electron chi connectivity index (χ4n) is 11.9. The third kappa shape index (κ3) is 7.66. The second kappa shape index (κ2) is 17.2. The summed E-state index contributed by atoms with van der Waals surface area (Å²) in [5.74, 6) is 2.34. The lowest BCUT2D eigenvalue weighted by Crippen LogP contribution is -2.47. The Kier molecular flexibility index (Phi) is 10.7. The summed E-state index contributed by atoms with van der Waals surface area (Å²) in [5.41, 5.74) is 8.41. The van der Waals surface area contributed by atoms with Crippen LogP contribution < -0.4 is 10.6 Å². The summed E-state index contributed by atoms with van der Waals surface area (Å²) in [4.78, 5) is 75.3. The van der Waals surface area contributed by atoms with E-state index in [9.17, 15) is 19.2 Å². The van der Waals surface area contributed by atoms with E-state index in [-0.39, 0.29) is 41.9 Å². The molecule has 4 heterocycles. The van der Waals surface area contributed by atoms with Gasteiger partial charge in [0.25, 0.3) is 11.8 Å². The number of carbonyl (C=O) groups is 4. The lowest BCUT2D eigenvalue weighted by atomic mass is 9.79. The summed E-state index contributed by atoms with van der Waals surface area (Å²) in [5, 5.41) is 7.73. The highest BCUT2D eigenvalue weighted by atomic mass is 16.5. The van der Waals surface area contributed by atoms with Gasteiger partial charge in [-0.25, -0.2) is 19.6 Å². The number of carbonyl (C=O) groups excluding carboxylic acids is 4. The maximum Gasteiger partial charge on any atom is 0.407 e. The fraction of sp³-hybridized carbons (Fsp3) is 0.345. The fourth-order valence-corrected chi connectivity index (χ4v) is 11.9. The van der Waals surface area contributed by atoms with Crippen molar-refractivity contribution in [2.45, 2.75) is 93.5 Å². The standard InChI is InChI=1S/C55H54N8O6/c1-68-54(66)60-46(33-8-4-3-5-9-33)52(64)62-40-21-18-38(26-40)49(62)51-56-29-43(58-51)32-16-14-31(15-17-32)35-19-22-41-36(24-35)20-23-42-48(41)59-50(57-42)45-28-39-27-44(39)63(45)53(65)47(61-55(67)69-2)37-13-7-12-34(25-37)30-10-6-11-30/h3-5,7-9,12-17,19-20,22-25,29-30,38-40,44-47,49H,6,10-11,18,21,26-28H2,1-2H3,(H,56,58)(H,57,59)(H,60,66)(H,61,67)/t38-,39+,40+,44+,45-,46+,47+,49-/m0/s1. The molecule has 2 aliphatic heterocycles. The molecule has 5 fully saturated rings. The van der Waals surface area contributed by atoms with Gasteiger partial charge >= 0.3 is 12.2 Å². The zero-order valence-corrected chi connectivity index (χ0v) is 38.6. The Morgan fingerprint density at radius 2 is 1.39 bits per heavy atom. The topological polar surface area (TPSA) is 175 Å². The van der Waals surface area contributed by atoms with Gasteiger partial charge in [0.2, 0.25) is 0 Å². The second-order valence-corrected chi connectivity index (χ2v) is 19.6. The van der Waals surface area contributed by atoms with E-state index >= 15 is 0 Å². The molecule has 14 nitrogen and oxygen atoms in total. The number of hydrogen-bond donors (Lipinski definition) is 4. The molecule has 4 amide bonds. The van der Waals surface area contributed by atoms with Crippen molar-refractivity contribution in [3.05, 3.63) is 144 Å². The summed E-state index contributed by atoms with van der Waals surface area (Å²) in [7, 11) is 2.62. The first-order valence-corrected chi connectivity index (χ1v) is 24.3. The number of alkyl carbamates (subject to hydrolysis) is 2. The van der Waals surface area contributed by atoms with Crippen molar-refractivity contribution >= 4 is 45.8 Å². The molecule has 0 spiro atoms. The third-order valence-corrected chi connectivity index (χ3v) is 15.7. The van der Waals surface area contributed by atoms with Crippen molar-refractivity contribution < 1.29 is 28.7 Å². The Morgan fingerprint density at radius 1 is 0.667 bits per heavy atom. The number of piperidine rings is 2. The molecule has 69 heavy (non-hydrogen) atoms. The largest absolute Gasteiger partial charge is 0.453 e. The molecule has 7 aromatic rings. The molecule has 5 aliphatic rings. The predicted molar refractivity (Wildman–Crippen MR) is 259 cm³/mol. The number of H-pyrrole nitrogens is 2. The highest BCUT2D eigenvalue weighted by Gasteiger charge is 2.56. The van der Waals surface area contributed by atoms with E-state index in [1.165, 1.54) is 26.2 Å². The predicted octanol–water partition coefficient (Wildman–Crippen LogP) is 9.95. The molecule has 0 unspecified atom stereocenters. The van der Waals surface area contributed by atoms with Gasteiger partial charge in [0.05, 0.1) is 49.2 Å². The maximum absolute atomic E-state index is 14.7. The molecule has 2 aromatic heterocycles. The Labute approximate surface area is 399 Å². The van der Waals surface area contributed by atoms with Crippen molar-refractivity contribution in [2.24, 2.45) is 11.8 Å². The Bertz CT molecular complexity index is 3130. The molecule has 2 bridgehead atoms. The number of nitrogens with zero attached hydrogens (tertiary/aromatic N) is 4. The number of methoxy groups -OCH3 is 2. The normalized spacial score (nSPS) is 23.3. The Morgan fingerprint density at radius 3 is 2.14 bits per heavy atom. The Balaban J connectivity index is 0.776. The number of hydrogen-bond acceptors (Lipinski definition) is 8. The minimum atomic E-state index is -0.881. The SMILES string of the molecule is COC(=O)N[C@@H](C(=O)N1[C@@H]2CC[C@@H](C2)[C@H]1c1ncc(-c2ccc(-c3ccc4c(ccc5[nH]c([C@@H]6C[C@H]7C[C@H]7N6C(=O)[C@H](NC(=O)OC)c6cccc(C7CCC7)c6)nc54)c3)cc2)[nH]1)c1ccccc1. The quantitative estimate of drug-likeness (QED) is 0.0992. The highest BCUT2D eigenvalue weighted by molar-refractivity contribution is 6.05. The van der Waals surface area contributed by atoms with E-state index in [1.54, 1.807) is 0 Å². The molecule has 3 aliphatic carbocycles. The van der Waals surface area contributed by atoms with Crippen LogP contribution in [0.5, 0.6) is 0 Å². The van der Waals surface area contributed by atoms with Gasteiger partial charge in [-0.05, 0) is 114 Å². The van der Waals surface area contributed by atoms with E-state index in [0.29, 0.717) is 17.4 Å². The van der Waals surface area contributed by atoms with Crippen molar-refractivity contribution in [2.75, 3.05) is 14.2 Å². The van der Waals surface area contributed by atoms with Gasteiger partial charge in [0.15, 0.2) is 0 Å². The van der Waals surface area contributed by atoms with Crippen LogP contribution in [0.15, 0.2) is 115 Å². The molecule has 0 radical (unpaired) electrons. The summed E-state index contributed by atoms with van der Waals surface area (Å²) >= 11 is 0. The molecule has 8 atom stereocenters. The maximum atomic E-state index is 14.7. The molecule has 4 N–H and O–H groups in total. The average Bonchev–Trinajstić information content (AvgIpc) is 3.99. The minimum absolute atomic E-state index is 0.0687. The van der Waals surface area contributed by atoms with Gasteiger partial charge in [-0.2, -0.15) is 0 Å².